The first-order valence-electron chi connectivity index (χ1n) is 4.58. The second-order valence-corrected chi connectivity index (χ2v) is 4.04. The number of nitrogens with zero attached hydrogens (tertiary/aromatic N) is 2. The minimum Gasteiger partial charge on any atom is -0.477 e. The Balaban J connectivity index is 0.00000162. The SMILES string of the molecule is Cl.O=C(O)c1cc(-c2ccc(Cl)c(Cl)c2)ncn1. The molecule has 94 valence electrons. The van der Waals surface area contributed by atoms with E-state index in [1.165, 1.54) is 12.4 Å². The lowest BCUT2D eigenvalue weighted by Gasteiger charge is -2.03. The first-order valence-corrected chi connectivity index (χ1v) is 5.34. The van der Waals surface area contributed by atoms with Crippen LogP contribution in [0, 0.1) is 0 Å². The van der Waals surface area contributed by atoms with Crippen molar-refractivity contribution in [2.24, 2.45) is 0 Å². The fourth-order valence-corrected chi connectivity index (χ4v) is 1.59. The van der Waals surface area contributed by atoms with Gasteiger partial charge < -0.3 is 5.11 Å². The predicted molar refractivity (Wildman–Crippen MR) is 71.7 cm³/mol. The topological polar surface area (TPSA) is 63.1 Å². The number of carbonyl (C=O) groups is 1. The molecule has 2 rings (SSSR count). The molecule has 0 saturated carbocycles. The lowest BCUT2D eigenvalue weighted by molar-refractivity contribution is 0.0690. The normalized spacial score (nSPS) is 9.67. The van der Waals surface area contributed by atoms with Crippen LogP contribution in [-0.2, 0) is 0 Å². The number of carboxylic acids is 1. The Morgan fingerprint density at radius 1 is 1.11 bits per heavy atom. The molecule has 0 aliphatic rings. The summed E-state index contributed by atoms with van der Waals surface area (Å²) in [6.07, 6.45) is 1.20. The zero-order valence-corrected chi connectivity index (χ0v) is 11.1. The highest BCUT2D eigenvalue weighted by Gasteiger charge is 2.08. The number of hydrogen-bond acceptors (Lipinski definition) is 3. The summed E-state index contributed by atoms with van der Waals surface area (Å²) in [5.41, 5.74) is 1.10. The molecule has 1 N–H and O–H groups in total. The molecule has 1 heterocycles. The van der Waals surface area contributed by atoms with E-state index in [0.29, 0.717) is 21.3 Å². The van der Waals surface area contributed by atoms with Gasteiger partial charge in [0.25, 0.3) is 0 Å². The van der Waals surface area contributed by atoms with Crippen LogP contribution in [0.3, 0.4) is 0 Å². The largest absolute Gasteiger partial charge is 0.477 e. The van der Waals surface area contributed by atoms with Crippen molar-refractivity contribution in [2.45, 2.75) is 0 Å². The van der Waals surface area contributed by atoms with Gasteiger partial charge in [0.2, 0.25) is 0 Å². The van der Waals surface area contributed by atoms with E-state index in [9.17, 15) is 4.79 Å². The molecule has 0 aliphatic heterocycles. The molecule has 0 spiro atoms. The van der Waals surface area contributed by atoms with Crippen LogP contribution in [0.1, 0.15) is 10.5 Å². The maximum atomic E-state index is 10.8. The fourth-order valence-electron chi connectivity index (χ4n) is 1.29. The van der Waals surface area contributed by atoms with Gasteiger partial charge in [0, 0.05) is 5.56 Å². The Bertz CT molecular complexity index is 590. The molecule has 0 fully saturated rings. The summed E-state index contributed by atoms with van der Waals surface area (Å²) in [6, 6.07) is 6.34. The first-order chi connectivity index (χ1) is 8.08. The lowest BCUT2D eigenvalue weighted by atomic mass is 10.1. The predicted octanol–water partition coefficient (Wildman–Crippen LogP) is 3.57. The highest BCUT2D eigenvalue weighted by atomic mass is 35.5. The average Bonchev–Trinajstić information content (AvgIpc) is 2.33. The maximum absolute atomic E-state index is 10.8. The third kappa shape index (κ3) is 3.10. The summed E-state index contributed by atoms with van der Waals surface area (Å²) in [4.78, 5) is 18.4. The van der Waals surface area contributed by atoms with E-state index in [1.807, 2.05) is 0 Å². The smallest absolute Gasteiger partial charge is 0.354 e. The summed E-state index contributed by atoms with van der Waals surface area (Å²) in [6.45, 7) is 0. The molecule has 7 heteroatoms. The molecule has 0 unspecified atom stereocenters. The summed E-state index contributed by atoms with van der Waals surface area (Å²) < 4.78 is 0. The monoisotopic (exact) mass is 304 g/mol. The Labute approximate surface area is 119 Å². The van der Waals surface area contributed by atoms with Gasteiger partial charge in [0.1, 0.15) is 6.33 Å². The van der Waals surface area contributed by atoms with Crippen molar-refractivity contribution in [3.05, 3.63) is 46.3 Å². The Morgan fingerprint density at radius 2 is 1.83 bits per heavy atom. The van der Waals surface area contributed by atoms with Gasteiger partial charge in [0.15, 0.2) is 5.69 Å². The molecule has 0 amide bonds. The molecule has 0 atom stereocenters. The van der Waals surface area contributed by atoms with E-state index in [-0.39, 0.29) is 18.1 Å². The highest BCUT2D eigenvalue weighted by molar-refractivity contribution is 6.42. The van der Waals surface area contributed by atoms with Crippen molar-refractivity contribution in [1.82, 2.24) is 9.97 Å². The zero-order valence-electron chi connectivity index (χ0n) is 8.80. The van der Waals surface area contributed by atoms with Crippen molar-refractivity contribution >= 4 is 41.6 Å². The zero-order chi connectivity index (χ0) is 12.4. The van der Waals surface area contributed by atoms with E-state index in [4.69, 9.17) is 28.3 Å². The van der Waals surface area contributed by atoms with E-state index < -0.39 is 5.97 Å². The lowest BCUT2D eigenvalue weighted by Crippen LogP contribution is -2.01. The quantitative estimate of drug-likeness (QED) is 0.921. The summed E-state index contributed by atoms with van der Waals surface area (Å²) >= 11 is 11.7. The molecule has 0 aliphatic carbocycles. The Hall–Kier alpha value is -1.36. The van der Waals surface area contributed by atoms with E-state index in [0.717, 1.165) is 0 Å². The minimum atomic E-state index is -1.10. The number of halogens is 3. The van der Waals surface area contributed by atoms with Crippen LogP contribution >= 0.6 is 35.6 Å². The number of benzene rings is 1. The van der Waals surface area contributed by atoms with E-state index in [2.05, 4.69) is 9.97 Å². The van der Waals surface area contributed by atoms with Crippen LogP contribution in [0.4, 0.5) is 0 Å². The molecule has 4 nitrogen and oxygen atoms in total. The number of carboxylic acid groups (broad SMARTS) is 1. The molecule has 0 radical (unpaired) electrons. The molecule has 1 aromatic heterocycles. The van der Waals surface area contributed by atoms with Crippen LogP contribution in [0.25, 0.3) is 11.3 Å². The van der Waals surface area contributed by atoms with E-state index in [1.54, 1.807) is 18.2 Å². The first kappa shape index (κ1) is 14.7. The number of rotatable bonds is 2. The van der Waals surface area contributed by atoms with Gasteiger partial charge >= 0.3 is 5.97 Å². The molecule has 1 aromatic carbocycles. The number of aromatic nitrogens is 2. The van der Waals surface area contributed by atoms with Gasteiger partial charge in [-0.3, -0.25) is 0 Å². The second-order valence-electron chi connectivity index (χ2n) is 3.22. The Kier molecular flexibility index (Phi) is 4.90. The molecular formula is C11H7Cl3N2O2. The highest BCUT2D eigenvalue weighted by Crippen LogP contribution is 2.27. The third-order valence-corrected chi connectivity index (χ3v) is 2.84. The average molecular weight is 306 g/mol. The fraction of sp³-hybridized carbons (Fsp3) is 0. The van der Waals surface area contributed by atoms with Gasteiger partial charge in [-0.2, -0.15) is 0 Å². The summed E-state index contributed by atoms with van der Waals surface area (Å²) in [5.74, 6) is -1.10. The van der Waals surface area contributed by atoms with Crippen LogP contribution < -0.4 is 0 Å². The van der Waals surface area contributed by atoms with Gasteiger partial charge in [0.05, 0.1) is 15.7 Å². The number of hydrogen-bond donors (Lipinski definition) is 1. The summed E-state index contributed by atoms with van der Waals surface area (Å²) in [5, 5.41) is 9.64. The van der Waals surface area contributed by atoms with Crippen molar-refractivity contribution in [3.8, 4) is 11.3 Å². The molecule has 2 aromatic rings. The van der Waals surface area contributed by atoms with Crippen LogP contribution in [0.2, 0.25) is 10.0 Å². The second kappa shape index (κ2) is 6.00. The minimum absolute atomic E-state index is 0. The van der Waals surface area contributed by atoms with Gasteiger partial charge in [-0.15, -0.1) is 12.4 Å². The Morgan fingerprint density at radius 3 is 2.44 bits per heavy atom. The van der Waals surface area contributed by atoms with Crippen molar-refractivity contribution < 1.29 is 9.90 Å². The standard InChI is InChI=1S/C11H6Cl2N2O2.ClH/c12-7-2-1-6(3-8(7)13)9-4-10(11(16)17)15-5-14-9;/h1-5H,(H,16,17);1H. The van der Waals surface area contributed by atoms with Crippen LogP contribution in [0.5, 0.6) is 0 Å². The molecule has 0 bridgehead atoms. The van der Waals surface area contributed by atoms with Crippen molar-refractivity contribution in [2.75, 3.05) is 0 Å². The van der Waals surface area contributed by atoms with Crippen molar-refractivity contribution in [1.29, 1.82) is 0 Å². The molecule has 0 saturated heterocycles. The summed E-state index contributed by atoms with van der Waals surface area (Å²) in [7, 11) is 0. The third-order valence-electron chi connectivity index (χ3n) is 2.10. The maximum Gasteiger partial charge on any atom is 0.354 e. The van der Waals surface area contributed by atoms with Crippen LogP contribution in [-0.4, -0.2) is 21.0 Å². The molecule has 18 heavy (non-hydrogen) atoms. The molecular weight excluding hydrogens is 298 g/mol. The van der Waals surface area contributed by atoms with Gasteiger partial charge in [-0.05, 0) is 18.2 Å². The van der Waals surface area contributed by atoms with Gasteiger partial charge in [-0.25, -0.2) is 14.8 Å². The van der Waals surface area contributed by atoms with Gasteiger partial charge in [-0.1, -0.05) is 29.3 Å². The van der Waals surface area contributed by atoms with Crippen molar-refractivity contribution in [3.63, 3.8) is 0 Å². The van der Waals surface area contributed by atoms with E-state index >= 15 is 0 Å². The van der Waals surface area contributed by atoms with Crippen LogP contribution in [0.15, 0.2) is 30.6 Å². The number of aromatic carboxylic acids is 1.